The summed E-state index contributed by atoms with van der Waals surface area (Å²) >= 11 is 0. The number of sulfonamides is 1. The van der Waals surface area contributed by atoms with Crippen molar-refractivity contribution in [3.8, 4) is 16.9 Å². The third-order valence-corrected chi connectivity index (χ3v) is 7.97. The number of likely N-dealkylation sites (N-methyl/N-ethyl adjacent to an activating group) is 1. The van der Waals surface area contributed by atoms with Crippen LogP contribution in [0.15, 0.2) is 47.4 Å². The number of aliphatic hydroxyl groups excluding tert-OH is 1. The molecule has 0 aromatic heterocycles. The molecule has 0 bridgehead atoms. The van der Waals surface area contributed by atoms with Crippen LogP contribution in [0.25, 0.3) is 11.1 Å². The molecule has 0 spiro atoms. The Morgan fingerprint density at radius 2 is 2.00 bits per heavy atom. The van der Waals surface area contributed by atoms with Gasteiger partial charge in [0.2, 0.25) is 10.0 Å². The minimum absolute atomic E-state index is 0.0351. The average molecular weight is 465 g/mol. The first-order chi connectivity index (χ1) is 15.2. The highest BCUT2D eigenvalue weighted by atomic mass is 32.2. The van der Waals surface area contributed by atoms with Crippen molar-refractivity contribution in [2.45, 2.75) is 44.2 Å². The van der Waals surface area contributed by atoms with Crippen LogP contribution in [0.5, 0.6) is 5.75 Å². The molecule has 1 aliphatic rings. The van der Waals surface area contributed by atoms with Gasteiger partial charge < -0.3 is 14.7 Å². The first-order valence-electron chi connectivity index (χ1n) is 11.1. The van der Waals surface area contributed by atoms with E-state index in [2.05, 4.69) is 11.8 Å². The van der Waals surface area contributed by atoms with Gasteiger partial charge in [0, 0.05) is 30.6 Å². The molecule has 0 aliphatic carbocycles. The molecule has 0 fully saturated rings. The van der Waals surface area contributed by atoms with Crippen molar-refractivity contribution in [1.82, 2.24) is 9.21 Å². The normalized spacial score (nSPS) is 22.0. The van der Waals surface area contributed by atoms with Gasteiger partial charge in [0.15, 0.2) is 0 Å². The number of benzene rings is 2. The van der Waals surface area contributed by atoms with Gasteiger partial charge in [0.25, 0.3) is 0 Å². The van der Waals surface area contributed by atoms with Gasteiger partial charge >= 0.3 is 0 Å². The van der Waals surface area contributed by atoms with Gasteiger partial charge in [-0.25, -0.2) is 12.8 Å². The highest BCUT2D eigenvalue weighted by Crippen LogP contribution is 2.37. The number of halogens is 1. The van der Waals surface area contributed by atoms with E-state index in [4.69, 9.17) is 4.74 Å². The fourth-order valence-corrected chi connectivity index (χ4v) is 5.91. The van der Waals surface area contributed by atoms with Crippen molar-refractivity contribution < 1.29 is 22.7 Å². The molecule has 6 nitrogen and oxygen atoms in total. The molecule has 176 valence electrons. The molecule has 3 rings (SSSR count). The Morgan fingerprint density at radius 3 is 2.66 bits per heavy atom. The summed E-state index contributed by atoms with van der Waals surface area (Å²) in [6, 6.07) is 10.5. The van der Waals surface area contributed by atoms with Gasteiger partial charge in [-0.3, -0.25) is 0 Å². The zero-order valence-corrected chi connectivity index (χ0v) is 20.0. The number of fused-ring (bicyclic) bond motifs is 1. The van der Waals surface area contributed by atoms with Crippen molar-refractivity contribution in [2.24, 2.45) is 5.92 Å². The molecular formula is C24H33FN2O4S. The van der Waals surface area contributed by atoms with E-state index < -0.39 is 16.1 Å². The highest BCUT2D eigenvalue weighted by Gasteiger charge is 2.38. The molecular weight excluding hydrogens is 431 g/mol. The fourth-order valence-electron chi connectivity index (χ4n) is 4.09. The Kier molecular flexibility index (Phi) is 7.92. The fraction of sp³-hybridized carbons (Fsp3) is 0.500. The molecule has 1 heterocycles. The van der Waals surface area contributed by atoms with E-state index in [1.54, 1.807) is 37.3 Å². The van der Waals surface area contributed by atoms with E-state index >= 15 is 0 Å². The summed E-state index contributed by atoms with van der Waals surface area (Å²) in [5.74, 6) is -0.296. The van der Waals surface area contributed by atoms with Crippen molar-refractivity contribution in [2.75, 3.05) is 33.3 Å². The van der Waals surface area contributed by atoms with Gasteiger partial charge in [0.05, 0.1) is 6.61 Å². The SMILES string of the molecule is CCCN(C)C[C@H]1Oc2cc(-c3ccccc3F)ccc2S(=O)(=O)N([C@@H](C)CO)C[C@H]1C. The first-order valence-corrected chi connectivity index (χ1v) is 12.5. The summed E-state index contributed by atoms with van der Waals surface area (Å²) < 4.78 is 49.1. The van der Waals surface area contributed by atoms with Gasteiger partial charge in [-0.05, 0) is 50.7 Å². The van der Waals surface area contributed by atoms with Crippen LogP contribution < -0.4 is 4.74 Å². The third-order valence-electron chi connectivity index (χ3n) is 5.95. The minimum atomic E-state index is -3.92. The molecule has 2 aromatic rings. The van der Waals surface area contributed by atoms with E-state index in [1.165, 1.54) is 16.4 Å². The zero-order chi connectivity index (χ0) is 23.5. The second kappa shape index (κ2) is 10.3. The molecule has 0 unspecified atom stereocenters. The van der Waals surface area contributed by atoms with Crippen LogP contribution in [-0.2, 0) is 10.0 Å². The monoisotopic (exact) mass is 464 g/mol. The first kappa shape index (κ1) is 24.6. The number of rotatable bonds is 7. The van der Waals surface area contributed by atoms with E-state index in [9.17, 15) is 17.9 Å². The van der Waals surface area contributed by atoms with Gasteiger partial charge in [-0.2, -0.15) is 4.31 Å². The summed E-state index contributed by atoms with van der Waals surface area (Å²) in [5, 5.41) is 9.73. The Morgan fingerprint density at radius 1 is 1.28 bits per heavy atom. The topological polar surface area (TPSA) is 70.1 Å². The second-order valence-corrected chi connectivity index (χ2v) is 10.5. The molecule has 1 aliphatic heterocycles. The molecule has 0 amide bonds. The number of aliphatic hydroxyl groups is 1. The smallest absolute Gasteiger partial charge is 0.247 e. The standard InChI is InChI=1S/C24H33FN2O4S/c1-5-12-26(4)15-23-17(2)14-27(18(3)16-28)32(29,30)24-11-10-19(13-22(24)31-23)20-8-6-7-9-21(20)25/h6-11,13,17-18,23,28H,5,12,14-16H2,1-4H3/t17-,18+,23-/m1/s1. The number of hydrogen-bond donors (Lipinski definition) is 1. The van der Waals surface area contributed by atoms with Crippen LogP contribution in [0.1, 0.15) is 27.2 Å². The second-order valence-electron chi connectivity index (χ2n) is 8.64. The Hall–Kier alpha value is -2.00. The molecule has 2 aromatic carbocycles. The van der Waals surface area contributed by atoms with Crippen molar-refractivity contribution in [3.05, 3.63) is 48.3 Å². The van der Waals surface area contributed by atoms with Gasteiger partial charge in [-0.15, -0.1) is 0 Å². The Balaban J connectivity index is 2.13. The summed E-state index contributed by atoms with van der Waals surface area (Å²) in [6.07, 6.45) is 0.721. The van der Waals surface area contributed by atoms with Crippen molar-refractivity contribution in [3.63, 3.8) is 0 Å². The average Bonchev–Trinajstić information content (AvgIpc) is 2.76. The molecule has 8 heteroatoms. The lowest BCUT2D eigenvalue weighted by atomic mass is 10.0. The number of hydrogen-bond acceptors (Lipinski definition) is 5. The Bertz CT molecular complexity index is 1030. The van der Waals surface area contributed by atoms with Crippen LogP contribution in [0.2, 0.25) is 0 Å². The van der Waals surface area contributed by atoms with Crippen LogP contribution in [0.4, 0.5) is 4.39 Å². The lowest BCUT2D eigenvalue weighted by Gasteiger charge is -2.37. The lowest BCUT2D eigenvalue weighted by Crippen LogP contribution is -2.49. The van der Waals surface area contributed by atoms with Crippen LogP contribution >= 0.6 is 0 Å². The van der Waals surface area contributed by atoms with Gasteiger partial charge in [-0.1, -0.05) is 38.1 Å². The lowest BCUT2D eigenvalue weighted by molar-refractivity contribution is 0.0753. The maximum absolute atomic E-state index is 14.4. The largest absolute Gasteiger partial charge is 0.487 e. The molecule has 3 atom stereocenters. The number of nitrogens with zero attached hydrogens (tertiary/aromatic N) is 2. The minimum Gasteiger partial charge on any atom is -0.487 e. The van der Waals surface area contributed by atoms with E-state index in [-0.39, 0.29) is 41.6 Å². The summed E-state index contributed by atoms with van der Waals surface area (Å²) in [6.45, 7) is 7.23. The maximum Gasteiger partial charge on any atom is 0.247 e. The number of ether oxygens (including phenoxy) is 1. The van der Waals surface area contributed by atoms with E-state index in [0.717, 1.165) is 13.0 Å². The third kappa shape index (κ3) is 5.14. The van der Waals surface area contributed by atoms with Crippen LogP contribution in [0.3, 0.4) is 0 Å². The zero-order valence-electron chi connectivity index (χ0n) is 19.2. The van der Waals surface area contributed by atoms with Crippen LogP contribution in [-0.4, -0.2) is 68.2 Å². The predicted octanol–water partition coefficient (Wildman–Crippen LogP) is 3.60. The maximum atomic E-state index is 14.4. The van der Waals surface area contributed by atoms with Gasteiger partial charge in [0.1, 0.15) is 22.6 Å². The molecule has 0 saturated heterocycles. The molecule has 0 saturated carbocycles. The van der Waals surface area contributed by atoms with E-state index in [1.807, 2.05) is 14.0 Å². The molecule has 1 N–H and O–H groups in total. The summed E-state index contributed by atoms with van der Waals surface area (Å²) in [7, 11) is -1.90. The van der Waals surface area contributed by atoms with E-state index in [0.29, 0.717) is 17.7 Å². The van der Waals surface area contributed by atoms with Crippen LogP contribution in [0, 0.1) is 11.7 Å². The predicted molar refractivity (Wildman–Crippen MR) is 124 cm³/mol. The van der Waals surface area contributed by atoms with Crippen molar-refractivity contribution >= 4 is 10.0 Å². The summed E-state index contributed by atoms with van der Waals surface area (Å²) in [4.78, 5) is 2.20. The Labute approximate surface area is 190 Å². The quantitative estimate of drug-likeness (QED) is 0.678. The van der Waals surface area contributed by atoms with Crippen molar-refractivity contribution in [1.29, 1.82) is 0 Å². The highest BCUT2D eigenvalue weighted by molar-refractivity contribution is 7.89. The molecule has 0 radical (unpaired) electrons. The summed E-state index contributed by atoms with van der Waals surface area (Å²) in [5.41, 5.74) is 0.930. The molecule has 32 heavy (non-hydrogen) atoms.